The van der Waals surface area contributed by atoms with Crippen molar-refractivity contribution in [2.45, 2.75) is 29.9 Å². The highest BCUT2D eigenvalue weighted by molar-refractivity contribution is 7.99. The van der Waals surface area contributed by atoms with Crippen molar-refractivity contribution in [1.29, 1.82) is 0 Å². The third-order valence-corrected chi connectivity index (χ3v) is 7.80. The number of aromatic nitrogens is 3. The smallest absolute Gasteiger partial charge is 0.243 e. The second-order valence-corrected chi connectivity index (χ2v) is 9.73. The molecule has 0 N–H and O–H groups in total. The van der Waals surface area contributed by atoms with Gasteiger partial charge in [-0.3, -0.25) is 4.98 Å². The van der Waals surface area contributed by atoms with Crippen molar-refractivity contribution in [1.82, 2.24) is 18.8 Å². The maximum atomic E-state index is 12.9. The second kappa shape index (κ2) is 8.83. The molecule has 3 aromatic rings. The normalized spacial score (nSPS) is 15.8. The number of fused-ring (bicyclic) bond motifs is 1. The molecule has 0 spiro atoms. The van der Waals surface area contributed by atoms with Crippen LogP contribution < -0.4 is 0 Å². The van der Waals surface area contributed by atoms with Crippen molar-refractivity contribution in [3.05, 3.63) is 48.3 Å². The summed E-state index contributed by atoms with van der Waals surface area (Å²) < 4.78 is 34.8. The number of imidazole rings is 1. The number of thioether (sulfide) groups is 1. The Bertz CT molecular complexity index is 1080. The van der Waals surface area contributed by atoms with Gasteiger partial charge in [0.2, 0.25) is 10.0 Å². The molecule has 1 saturated heterocycles. The molecule has 4 rings (SSSR count). The first-order valence-corrected chi connectivity index (χ1v) is 12.1. The fourth-order valence-electron chi connectivity index (χ4n) is 3.39. The van der Waals surface area contributed by atoms with Crippen molar-refractivity contribution in [3.63, 3.8) is 0 Å². The van der Waals surface area contributed by atoms with Crippen molar-refractivity contribution in [2.24, 2.45) is 0 Å². The third-order valence-electron chi connectivity index (χ3n) is 4.92. The highest BCUT2D eigenvalue weighted by Gasteiger charge is 2.27. The summed E-state index contributed by atoms with van der Waals surface area (Å²) in [6.45, 7) is 4.49. The van der Waals surface area contributed by atoms with Gasteiger partial charge in [-0.2, -0.15) is 4.31 Å². The first-order chi connectivity index (χ1) is 14.1. The van der Waals surface area contributed by atoms with E-state index in [1.54, 1.807) is 30.1 Å². The fourth-order valence-corrected chi connectivity index (χ4v) is 5.86. The maximum Gasteiger partial charge on any atom is 0.243 e. The number of aryl methyl sites for hydroxylation is 2. The first kappa shape index (κ1) is 20.3. The number of nitrogens with zero attached hydrogens (tertiary/aromatic N) is 4. The molecule has 1 aliphatic heterocycles. The number of sulfonamides is 1. The molecule has 3 heterocycles. The van der Waals surface area contributed by atoms with Gasteiger partial charge in [-0.15, -0.1) is 0 Å². The number of ether oxygens (including phenoxy) is 1. The summed E-state index contributed by atoms with van der Waals surface area (Å²) in [5.74, 6) is 0.860. The molecular formula is C20H24N4O3S2. The van der Waals surface area contributed by atoms with Gasteiger partial charge in [0, 0.05) is 37.3 Å². The molecule has 0 amide bonds. The van der Waals surface area contributed by atoms with E-state index < -0.39 is 10.0 Å². The molecule has 0 radical (unpaired) electrons. The lowest BCUT2D eigenvalue weighted by Gasteiger charge is -2.26. The molecular weight excluding hydrogens is 408 g/mol. The monoisotopic (exact) mass is 432 g/mol. The van der Waals surface area contributed by atoms with Gasteiger partial charge in [0.05, 0.1) is 29.1 Å². The first-order valence-electron chi connectivity index (χ1n) is 9.70. The van der Waals surface area contributed by atoms with Crippen molar-refractivity contribution < 1.29 is 13.2 Å². The zero-order valence-electron chi connectivity index (χ0n) is 16.3. The minimum absolute atomic E-state index is 0.290. The Morgan fingerprint density at radius 3 is 2.72 bits per heavy atom. The maximum absolute atomic E-state index is 12.9. The fraction of sp³-hybridized carbons (Fsp3) is 0.400. The molecule has 0 unspecified atom stereocenters. The summed E-state index contributed by atoms with van der Waals surface area (Å²) in [6.07, 6.45) is 2.66. The number of hydrogen-bond donors (Lipinski definition) is 0. The Hall–Kier alpha value is -1.94. The van der Waals surface area contributed by atoms with Crippen LogP contribution in [0.1, 0.15) is 12.6 Å². The molecule has 0 atom stereocenters. The summed E-state index contributed by atoms with van der Waals surface area (Å²) in [5, 5.41) is 0.902. The van der Waals surface area contributed by atoms with Gasteiger partial charge in [-0.05, 0) is 43.7 Å². The van der Waals surface area contributed by atoms with Crippen LogP contribution in [0.25, 0.3) is 11.0 Å². The molecule has 2 aromatic heterocycles. The Kier molecular flexibility index (Phi) is 6.19. The predicted molar refractivity (Wildman–Crippen MR) is 114 cm³/mol. The molecule has 1 fully saturated rings. The lowest BCUT2D eigenvalue weighted by atomic mass is 10.3. The van der Waals surface area contributed by atoms with Crippen molar-refractivity contribution >= 4 is 32.8 Å². The van der Waals surface area contributed by atoms with E-state index in [9.17, 15) is 8.42 Å². The number of hydrogen-bond acceptors (Lipinski definition) is 6. The molecule has 0 saturated carbocycles. The second-order valence-electron chi connectivity index (χ2n) is 6.73. The summed E-state index contributed by atoms with van der Waals surface area (Å²) in [5.41, 5.74) is 2.72. The summed E-state index contributed by atoms with van der Waals surface area (Å²) in [4.78, 5) is 9.38. The van der Waals surface area contributed by atoms with Gasteiger partial charge in [0.15, 0.2) is 5.16 Å². The number of rotatable bonds is 7. The van der Waals surface area contributed by atoms with Gasteiger partial charge >= 0.3 is 0 Å². The summed E-state index contributed by atoms with van der Waals surface area (Å²) in [7, 11) is -3.53. The van der Waals surface area contributed by atoms with Crippen LogP contribution in [0, 0.1) is 0 Å². The van der Waals surface area contributed by atoms with Crippen LogP contribution in [0.3, 0.4) is 0 Å². The van der Waals surface area contributed by atoms with E-state index in [-0.39, 0.29) is 4.90 Å². The zero-order chi connectivity index (χ0) is 20.3. The number of pyridine rings is 1. The van der Waals surface area contributed by atoms with Crippen LogP contribution in [0.4, 0.5) is 0 Å². The Morgan fingerprint density at radius 1 is 1.17 bits per heavy atom. The Balaban J connectivity index is 1.57. The minimum Gasteiger partial charge on any atom is -0.379 e. The average molecular weight is 433 g/mol. The molecule has 154 valence electrons. The Morgan fingerprint density at radius 2 is 2.00 bits per heavy atom. The average Bonchev–Trinajstić information content (AvgIpc) is 3.11. The lowest BCUT2D eigenvalue weighted by Crippen LogP contribution is -2.40. The van der Waals surface area contributed by atoms with Gasteiger partial charge in [-0.1, -0.05) is 17.8 Å². The highest BCUT2D eigenvalue weighted by Crippen LogP contribution is 2.27. The van der Waals surface area contributed by atoms with Gasteiger partial charge in [-0.25, -0.2) is 13.4 Å². The molecule has 9 heteroatoms. The molecule has 0 aliphatic carbocycles. The van der Waals surface area contributed by atoms with Crippen LogP contribution in [0.5, 0.6) is 0 Å². The van der Waals surface area contributed by atoms with E-state index >= 15 is 0 Å². The largest absolute Gasteiger partial charge is 0.379 e. The summed E-state index contributed by atoms with van der Waals surface area (Å²) in [6, 6.07) is 11.2. The van der Waals surface area contributed by atoms with E-state index in [1.165, 1.54) is 4.31 Å². The Labute approximate surface area is 175 Å². The van der Waals surface area contributed by atoms with Gasteiger partial charge in [0.1, 0.15) is 0 Å². The van der Waals surface area contributed by atoms with E-state index in [4.69, 9.17) is 9.72 Å². The SMILES string of the molecule is CCn1c(SCCc2ccccn2)nc2cc(S(=O)(=O)N3CCOCC3)ccc21. The van der Waals surface area contributed by atoms with Gasteiger partial charge < -0.3 is 9.30 Å². The number of benzene rings is 1. The van der Waals surface area contributed by atoms with E-state index in [1.807, 2.05) is 24.3 Å². The molecule has 0 bridgehead atoms. The highest BCUT2D eigenvalue weighted by atomic mass is 32.2. The number of morpholine rings is 1. The predicted octanol–water partition coefficient (Wildman–Crippen LogP) is 2.81. The van der Waals surface area contributed by atoms with E-state index in [0.717, 1.165) is 35.1 Å². The minimum atomic E-state index is -3.53. The van der Waals surface area contributed by atoms with Crippen molar-refractivity contribution in [2.75, 3.05) is 32.1 Å². The molecule has 7 nitrogen and oxygen atoms in total. The van der Waals surface area contributed by atoms with Crippen LogP contribution in [-0.4, -0.2) is 59.3 Å². The topological polar surface area (TPSA) is 77.3 Å². The summed E-state index contributed by atoms with van der Waals surface area (Å²) >= 11 is 1.67. The molecule has 1 aliphatic rings. The van der Waals surface area contributed by atoms with E-state index in [0.29, 0.717) is 31.8 Å². The quantitative estimate of drug-likeness (QED) is 0.535. The lowest BCUT2D eigenvalue weighted by molar-refractivity contribution is 0.0730. The van der Waals surface area contributed by atoms with Crippen molar-refractivity contribution in [3.8, 4) is 0 Å². The van der Waals surface area contributed by atoms with E-state index in [2.05, 4.69) is 16.5 Å². The van der Waals surface area contributed by atoms with Crippen LogP contribution in [0.15, 0.2) is 52.6 Å². The standard InChI is InChI=1S/C20H24N4O3S2/c1-2-24-19-7-6-17(29(25,26)23-10-12-27-13-11-23)15-18(19)22-20(24)28-14-8-16-5-3-4-9-21-16/h3-7,9,15H,2,8,10-14H2,1H3. The van der Waals surface area contributed by atoms with Crippen LogP contribution in [0.2, 0.25) is 0 Å². The van der Waals surface area contributed by atoms with Crippen LogP contribution in [-0.2, 0) is 27.7 Å². The van der Waals surface area contributed by atoms with Gasteiger partial charge in [0.25, 0.3) is 0 Å². The van der Waals surface area contributed by atoms with Crippen LogP contribution >= 0.6 is 11.8 Å². The molecule has 1 aromatic carbocycles. The zero-order valence-corrected chi connectivity index (χ0v) is 18.0. The third kappa shape index (κ3) is 4.32. The molecule has 29 heavy (non-hydrogen) atoms.